The van der Waals surface area contributed by atoms with Gasteiger partial charge in [-0.15, -0.1) is 0 Å². The maximum absolute atomic E-state index is 12.7. The Bertz CT molecular complexity index is 556. The molecule has 3 rings (SSSR count). The molecule has 4 heteroatoms. The van der Waals surface area contributed by atoms with Gasteiger partial charge in [0.25, 0.3) is 0 Å². The molecule has 2 heterocycles. The lowest BCUT2D eigenvalue weighted by molar-refractivity contribution is -0.127. The van der Waals surface area contributed by atoms with E-state index in [1.807, 2.05) is 18.2 Å². The summed E-state index contributed by atoms with van der Waals surface area (Å²) in [6.07, 6.45) is 2.90. The highest BCUT2D eigenvalue weighted by Gasteiger charge is 2.35. The lowest BCUT2D eigenvalue weighted by atomic mass is 9.88. The number of nitrogens with one attached hydrogen (secondary N) is 1. The van der Waals surface area contributed by atoms with Crippen molar-refractivity contribution in [3.8, 4) is 5.75 Å². The molecule has 0 aliphatic carbocycles. The second-order valence-electron chi connectivity index (χ2n) is 7.27. The summed E-state index contributed by atoms with van der Waals surface area (Å²) in [5, 5.41) is 3.28. The van der Waals surface area contributed by atoms with Crippen LogP contribution in [-0.4, -0.2) is 36.5 Å². The van der Waals surface area contributed by atoms with Gasteiger partial charge in [0.1, 0.15) is 11.4 Å². The van der Waals surface area contributed by atoms with Crippen LogP contribution in [-0.2, 0) is 4.79 Å². The minimum Gasteiger partial charge on any atom is -0.487 e. The van der Waals surface area contributed by atoms with E-state index in [1.165, 1.54) is 0 Å². The first kappa shape index (κ1) is 15.3. The highest BCUT2D eigenvalue weighted by Crippen LogP contribution is 2.39. The van der Waals surface area contributed by atoms with Crippen molar-refractivity contribution in [3.63, 3.8) is 0 Å². The average molecular weight is 302 g/mol. The van der Waals surface area contributed by atoms with E-state index in [0.29, 0.717) is 0 Å². The van der Waals surface area contributed by atoms with Crippen LogP contribution in [0.5, 0.6) is 5.75 Å². The van der Waals surface area contributed by atoms with Crippen molar-refractivity contribution in [1.82, 2.24) is 10.2 Å². The molecule has 4 nitrogen and oxygen atoms in total. The maximum Gasteiger partial charge on any atom is 0.224 e. The first-order valence-electron chi connectivity index (χ1n) is 8.21. The number of hydrogen-bond donors (Lipinski definition) is 1. The molecule has 0 spiro atoms. The maximum atomic E-state index is 12.7. The standard InChI is InChI=1S/C18H26N2O2/c1-18(2)11-15(14-8-4-5-9-16(14)22-18)19-17(21)13-7-6-10-20(3)12-13/h4-5,8-9,13,15H,6-7,10-12H2,1-3H3,(H,19,21)/t13-,15+/m1/s1. The lowest BCUT2D eigenvalue weighted by Gasteiger charge is -2.39. The molecule has 0 bridgehead atoms. The van der Waals surface area contributed by atoms with E-state index in [-0.39, 0.29) is 23.5 Å². The molecule has 1 N–H and O–H groups in total. The molecular formula is C18H26N2O2. The number of fused-ring (bicyclic) bond motifs is 1. The van der Waals surface area contributed by atoms with E-state index >= 15 is 0 Å². The monoisotopic (exact) mass is 302 g/mol. The summed E-state index contributed by atoms with van der Waals surface area (Å²) >= 11 is 0. The van der Waals surface area contributed by atoms with E-state index in [2.05, 4.69) is 37.2 Å². The van der Waals surface area contributed by atoms with E-state index in [0.717, 1.165) is 43.7 Å². The quantitative estimate of drug-likeness (QED) is 0.913. The summed E-state index contributed by atoms with van der Waals surface area (Å²) in [5.41, 5.74) is 0.842. The number of amides is 1. The molecule has 120 valence electrons. The van der Waals surface area contributed by atoms with Crippen LogP contribution in [0, 0.1) is 5.92 Å². The third kappa shape index (κ3) is 3.27. The molecule has 0 saturated carbocycles. The van der Waals surface area contributed by atoms with Gasteiger partial charge in [-0.1, -0.05) is 18.2 Å². The van der Waals surface area contributed by atoms with Crippen LogP contribution in [0.2, 0.25) is 0 Å². The van der Waals surface area contributed by atoms with E-state index in [4.69, 9.17) is 4.74 Å². The third-order valence-electron chi connectivity index (χ3n) is 4.69. The molecule has 0 radical (unpaired) electrons. The van der Waals surface area contributed by atoms with E-state index in [1.54, 1.807) is 0 Å². The van der Waals surface area contributed by atoms with Gasteiger partial charge in [-0.25, -0.2) is 0 Å². The minimum atomic E-state index is -0.254. The second-order valence-corrected chi connectivity index (χ2v) is 7.27. The number of piperidine rings is 1. The zero-order chi connectivity index (χ0) is 15.7. The fourth-order valence-electron chi connectivity index (χ4n) is 3.60. The summed E-state index contributed by atoms with van der Waals surface area (Å²) in [5.74, 6) is 1.19. The lowest BCUT2D eigenvalue weighted by Crippen LogP contribution is -2.46. The van der Waals surface area contributed by atoms with Gasteiger partial charge in [0.15, 0.2) is 0 Å². The average Bonchev–Trinajstić information content (AvgIpc) is 2.46. The Morgan fingerprint density at radius 3 is 2.91 bits per heavy atom. The Balaban J connectivity index is 1.75. The summed E-state index contributed by atoms with van der Waals surface area (Å²) in [6, 6.07) is 8.08. The van der Waals surface area contributed by atoms with Gasteiger partial charge in [0, 0.05) is 18.5 Å². The molecule has 2 aliphatic rings. The summed E-state index contributed by atoms with van der Waals surface area (Å²) in [7, 11) is 2.09. The van der Waals surface area contributed by atoms with Crippen molar-refractivity contribution in [1.29, 1.82) is 0 Å². The van der Waals surface area contributed by atoms with Crippen LogP contribution in [0.3, 0.4) is 0 Å². The SMILES string of the molecule is CN1CCC[C@@H](C(=O)N[C@H]2CC(C)(C)Oc3ccccc32)C1. The van der Waals surface area contributed by atoms with Crippen LogP contribution in [0.25, 0.3) is 0 Å². The van der Waals surface area contributed by atoms with Gasteiger partial charge in [-0.3, -0.25) is 4.79 Å². The minimum absolute atomic E-state index is 0.0414. The van der Waals surface area contributed by atoms with E-state index in [9.17, 15) is 4.79 Å². The Morgan fingerprint density at radius 2 is 2.14 bits per heavy atom. The first-order chi connectivity index (χ1) is 10.4. The molecule has 1 fully saturated rings. The molecule has 1 amide bonds. The summed E-state index contributed by atoms with van der Waals surface area (Å²) < 4.78 is 6.03. The Labute approximate surface area is 132 Å². The van der Waals surface area contributed by atoms with Crippen LogP contribution in [0.4, 0.5) is 0 Å². The van der Waals surface area contributed by atoms with Gasteiger partial charge < -0.3 is 15.0 Å². The molecule has 22 heavy (non-hydrogen) atoms. The van der Waals surface area contributed by atoms with Gasteiger partial charge in [0.2, 0.25) is 5.91 Å². The van der Waals surface area contributed by atoms with Gasteiger partial charge >= 0.3 is 0 Å². The summed E-state index contributed by atoms with van der Waals surface area (Å²) in [4.78, 5) is 14.9. The number of rotatable bonds is 2. The fraction of sp³-hybridized carbons (Fsp3) is 0.611. The highest BCUT2D eigenvalue weighted by atomic mass is 16.5. The fourth-order valence-corrected chi connectivity index (χ4v) is 3.60. The second kappa shape index (κ2) is 5.92. The zero-order valence-electron chi connectivity index (χ0n) is 13.8. The van der Waals surface area contributed by atoms with Crippen LogP contribution < -0.4 is 10.1 Å². The normalized spacial score (nSPS) is 27.6. The largest absolute Gasteiger partial charge is 0.487 e. The van der Waals surface area contributed by atoms with Crippen molar-refractivity contribution in [3.05, 3.63) is 29.8 Å². The molecule has 2 aliphatic heterocycles. The van der Waals surface area contributed by atoms with Gasteiger partial charge in [0.05, 0.1) is 12.0 Å². The van der Waals surface area contributed by atoms with Crippen molar-refractivity contribution >= 4 is 5.91 Å². The Kier molecular flexibility index (Phi) is 4.13. The number of para-hydroxylation sites is 1. The van der Waals surface area contributed by atoms with Crippen LogP contribution in [0.15, 0.2) is 24.3 Å². The predicted molar refractivity (Wildman–Crippen MR) is 86.9 cm³/mol. The van der Waals surface area contributed by atoms with Crippen molar-refractivity contribution in [2.45, 2.75) is 44.8 Å². The molecule has 1 aromatic carbocycles. The molecule has 1 saturated heterocycles. The Hall–Kier alpha value is -1.55. The van der Waals surface area contributed by atoms with Crippen LogP contribution in [0.1, 0.15) is 44.7 Å². The molecule has 1 aromatic rings. The van der Waals surface area contributed by atoms with E-state index < -0.39 is 0 Å². The molecule has 0 unspecified atom stereocenters. The summed E-state index contributed by atoms with van der Waals surface area (Å²) in [6.45, 7) is 6.12. The van der Waals surface area contributed by atoms with Crippen molar-refractivity contribution in [2.75, 3.05) is 20.1 Å². The predicted octanol–water partition coefficient (Wildman–Crippen LogP) is 2.75. The first-order valence-corrected chi connectivity index (χ1v) is 8.21. The number of nitrogens with zero attached hydrogens (tertiary/aromatic N) is 1. The number of hydrogen-bond acceptors (Lipinski definition) is 3. The number of carbonyl (C=O) groups excluding carboxylic acids is 1. The topological polar surface area (TPSA) is 41.6 Å². The zero-order valence-corrected chi connectivity index (χ0v) is 13.8. The van der Waals surface area contributed by atoms with Gasteiger partial charge in [-0.05, 0) is 46.3 Å². The van der Waals surface area contributed by atoms with Crippen molar-refractivity contribution in [2.24, 2.45) is 5.92 Å². The number of benzene rings is 1. The number of carbonyl (C=O) groups is 1. The van der Waals surface area contributed by atoms with Gasteiger partial charge in [-0.2, -0.15) is 0 Å². The third-order valence-corrected chi connectivity index (χ3v) is 4.69. The molecule has 0 aromatic heterocycles. The Morgan fingerprint density at radius 1 is 1.36 bits per heavy atom. The highest BCUT2D eigenvalue weighted by molar-refractivity contribution is 5.79. The van der Waals surface area contributed by atoms with Crippen molar-refractivity contribution < 1.29 is 9.53 Å². The number of likely N-dealkylation sites (tertiary alicyclic amines) is 1. The van der Waals surface area contributed by atoms with Crippen LogP contribution >= 0.6 is 0 Å². The smallest absolute Gasteiger partial charge is 0.224 e. The molecule has 2 atom stereocenters. The molecular weight excluding hydrogens is 276 g/mol. The number of ether oxygens (including phenoxy) is 1.